The SMILES string of the molecule is O=C(NC(NC(=O)c1ccccc1C(F)(F)F)c1ccccc1C(F)(F)F)c1ccccc1C(F)(F)F. The normalized spacial score (nSPS) is 12.4. The van der Waals surface area contributed by atoms with Crippen molar-refractivity contribution in [2.45, 2.75) is 24.7 Å². The summed E-state index contributed by atoms with van der Waals surface area (Å²) in [5.41, 5.74) is -6.98. The van der Waals surface area contributed by atoms with Crippen LogP contribution in [0.15, 0.2) is 72.8 Å². The maximum atomic E-state index is 13.6. The highest BCUT2D eigenvalue weighted by molar-refractivity contribution is 5.98. The molecular weight excluding hydrogens is 519 g/mol. The second-order valence-electron chi connectivity index (χ2n) is 7.55. The van der Waals surface area contributed by atoms with Crippen molar-refractivity contribution in [2.24, 2.45) is 0 Å². The summed E-state index contributed by atoms with van der Waals surface area (Å²) in [5, 5.41) is 3.76. The van der Waals surface area contributed by atoms with E-state index in [0.29, 0.717) is 18.2 Å². The average Bonchev–Trinajstić information content (AvgIpc) is 2.82. The zero-order valence-electron chi connectivity index (χ0n) is 18.2. The lowest BCUT2D eigenvalue weighted by Crippen LogP contribution is -2.43. The zero-order chi connectivity index (χ0) is 27.6. The molecule has 3 aromatic carbocycles. The Morgan fingerprint density at radius 2 is 0.838 bits per heavy atom. The minimum atomic E-state index is -5.04. The standard InChI is InChI=1S/C24H15F9N2O2/c25-22(26,27)16-10-4-1-7-13(16)19(34-20(36)14-8-2-5-11-17(14)23(28,29)30)35-21(37)15-9-3-6-12-18(15)24(31,32)33/h1-12,19H,(H,34,36)(H,35,37). The van der Waals surface area contributed by atoms with E-state index in [9.17, 15) is 49.1 Å². The summed E-state index contributed by atoms with van der Waals surface area (Å²) < 4.78 is 121. The predicted molar refractivity (Wildman–Crippen MR) is 112 cm³/mol. The average molecular weight is 534 g/mol. The van der Waals surface area contributed by atoms with Gasteiger partial charge in [-0.05, 0) is 30.3 Å². The molecule has 0 aliphatic carbocycles. The summed E-state index contributed by atoms with van der Waals surface area (Å²) in [6.45, 7) is 0. The van der Waals surface area contributed by atoms with Gasteiger partial charge in [-0.25, -0.2) is 0 Å². The van der Waals surface area contributed by atoms with Gasteiger partial charge >= 0.3 is 18.5 Å². The maximum absolute atomic E-state index is 13.6. The van der Waals surface area contributed by atoms with Crippen molar-refractivity contribution in [3.63, 3.8) is 0 Å². The second-order valence-corrected chi connectivity index (χ2v) is 7.55. The Balaban J connectivity index is 2.08. The fourth-order valence-electron chi connectivity index (χ4n) is 3.47. The van der Waals surface area contributed by atoms with Crippen molar-refractivity contribution in [1.82, 2.24) is 10.6 Å². The Morgan fingerprint density at radius 1 is 0.514 bits per heavy atom. The molecule has 0 spiro atoms. The number of hydrogen-bond donors (Lipinski definition) is 2. The Labute approximate surface area is 203 Å². The van der Waals surface area contributed by atoms with Crippen molar-refractivity contribution in [2.75, 3.05) is 0 Å². The molecule has 0 fully saturated rings. The largest absolute Gasteiger partial charge is 0.417 e. The third-order valence-electron chi connectivity index (χ3n) is 5.08. The molecule has 3 aromatic rings. The Bertz CT molecular complexity index is 1230. The van der Waals surface area contributed by atoms with E-state index in [4.69, 9.17) is 0 Å². The van der Waals surface area contributed by atoms with Crippen LogP contribution in [0.3, 0.4) is 0 Å². The first-order valence-electron chi connectivity index (χ1n) is 10.2. The van der Waals surface area contributed by atoms with Gasteiger partial charge in [0.1, 0.15) is 6.17 Å². The molecule has 37 heavy (non-hydrogen) atoms. The van der Waals surface area contributed by atoms with E-state index in [1.165, 1.54) is 0 Å². The first-order valence-corrected chi connectivity index (χ1v) is 10.2. The molecule has 0 saturated carbocycles. The van der Waals surface area contributed by atoms with Crippen LogP contribution in [-0.4, -0.2) is 11.8 Å². The number of benzene rings is 3. The Morgan fingerprint density at radius 3 is 1.22 bits per heavy atom. The molecule has 196 valence electrons. The van der Waals surface area contributed by atoms with Crippen molar-refractivity contribution in [3.05, 3.63) is 106 Å². The van der Waals surface area contributed by atoms with Gasteiger partial charge in [0.05, 0.1) is 27.8 Å². The quantitative estimate of drug-likeness (QED) is 0.286. The third kappa shape index (κ3) is 6.40. The van der Waals surface area contributed by atoms with Gasteiger partial charge in [0.2, 0.25) is 0 Å². The van der Waals surface area contributed by atoms with Crippen LogP contribution in [0, 0.1) is 0 Å². The van der Waals surface area contributed by atoms with Gasteiger partial charge in [-0.3, -0.25) is 9.59 Å². The van der Waals surface area contributed by atoms with Crippen LogP contribution in [-0.2, 0) is 18.5 Å². The van der Waals surface area contributed by atoms with E-state index >= 15 is 0 Å². The summed E-state index contributed by atoms with van der Waals surface area (Å²) in [5.74, 6) is -3.06. The van der Waals surface area contributed by atoms with Gasteiger partial charge in [0.15, 0.2) is 0 Å². The zero-order valence-corrected chi connectivity index (χ0v) is 18.2. The van der Waals surface area contributed by atoms with Crippen LogP contribution in [0.5, 0.6) is 0 Å². The van der Waals surface area contributed by atoms with Crippen molar-refractivity contribution < 1.29 is 49.1 Å². The van der Waals surface area contributed by atoms with E-state index in [2.05, 4.69) is 0 Å². The number of hydrogen-bond acceptors (Lipinski definition) is 2. The number of nitrogens with one attached hydrogen (secondary N) is 2. The summed E-state index contributed by atoms with van der Waals surface area (Å²) in [6, 6.07) is 10.2. The second kappa shape index (κ2) is 10.1. The molecule has 2 amide bonds. The van der Waals surface area contributed by atoms with Crippen LogP contribution in [0.1, 0.15) is 49.1 Å². The number of halogens is 9. The van der Waals surface area contributed by atoms with Crippen LogP contribution in [0.25, 0.3) is 0 Å². The highest BCUT2D eigenvalue weighted by atomic mass is 19.4. The maximum Gasteiger partial charge on any atom is 0.417 e. The fraction of sp³-hybridized carbons (Fsp3) is 0.167. The van der Waals surface area contributed by atoms with Gasteiger partial charge < -0.3 is 10.6 Å². The molecule has 0 saturated heterocycles. The molecule has 0 aromatic heterocycles. The van der Waals surface area contributed by atoms with Crippen molar-refractivity contribution in [1.29, 1.82) is 0 Å². The van der Waals surface area contributed by atoms with Gasteiger partial charge in [-0.1, -0.05) is 42.5 Å². The molecule has 0 atom stereocenters. The van der Waals surface area contributed by atoms with Gasteiger partial charge in [-0.2, -0.15) is 39.5 Å². The topological polar surface area (TPSA) is 58.2 Å². The minimum Gasteiger partial charge on any atom is -0.328 e. The molecule has 13 heteroatoms. The van der Waals surface area contributed by atoms with Crippen molar-refractivity contribution >= 4 is 11.8 Å². The predicted octanol–water partition coefficient (Wildman–Crippen LogP) is 6.60. The fourth-order valence-corrected chi connectivity index (χ4v) is 3.47. The number of alkyl halides is 9. The smallest absolute Gasteiger partial charge is 0.328 e. The molecule has 0 unspecified atom stereocenters. The molecule has 0 bridgehead atoms. The Hall–Kier alpha value is -4.03. The van der Waals surface area contributed by atoms with Gasteiger partial charge in [0, 0.05) is 5.56 Å². The summed E-state index contributed by atoms with van der Waals surface area (Å²) in [4.78, 5) is 25.6. The van der Waals surface area contributed by atoms with Crippen LogP contribution in [0.4, 0.5) is 39.5 Å². The molecular formula is C24H15F9N2O2. The van der Waals surface area contributed by atoms with Crippen LogP contribution in [0.2, 0.25) is 0 Å². The molecule has 0 heterocycles. The van der Waals surface area contributed by atoms with E-state index in [-0.39, 0.29) is 0 Å². The molecule has 0 aliphatic heterocycles. The minimum absolute atomic E-state index is 0.561. The van der Waals surface area contributed by atoms with E-state index in [1.54, 1.807) is 0 Å². The van der Waals surface area contributed by atoms with E-state index < -0.39 is 69.9 Å². The van der Waals surface area contributed by atoms with Gasteiger partial charge in [0.25, 0.3) is 11.8 Å². The summed E-state index contributed by atoms with van der Waals surface area (Å²) in [6.07, 6.45) is -17.2. The molecule has 0 aliphatic rings. The third-order valence-corrected chi connectivity index (χ3v) is 5.08. The van der Waals surface area contributed by atoms with E-state index in [0.717, 1.165) is 54.6 Å². The van der Waals surface area contributed by atoms with E-state index in [1.807, 2.05) is 10.6 Å². The lowest BCUT2D eigenvalue weighted by Gasteiger charge is -2.25. The number of rotatable bonds is 5. The number of amides is 2. The lowest BCUT2D eigenvalue weighted by molar-refractivity contribution is -0.139. The molecule has 2 N–H and O–H groups in total. The van der Waals surface area contributed by atoms with Gasteiger partial charge in [-0.15, -0.1) is 0 Å². The highest BCUT2D eigenvalue weighted by Gasteiger charge is 2.39. The molecule has 0 radical (unpaired) electrons. The molecule has 3 rings (SSSR count). The van der Waals surface area contributed by atoms with Crippen LogP contribution < -0.4 is 10.6 Å². The summed E-state index contributed by atoms with van der Waals surface area (Å²) >= 11 is 0. The first-order chi connectivity index (χ1) is 17.1. The number of carbonyl (C=O) groups is 2. The lowest BCUT2D eigenvalue weighted by atomic mass is 10.0. The monoisotopic (exact) mass is 534 g/mol. The van der Waals surface area contributed by atoms with Crippen molar-refractivity contribution in [3.8, 4) is 0 Å². The Kier molecular flexibility index (Phi) is 7.56. The van der Waals surface area contributed by atoms with Crippen LogP contribution >= 0.6 is 0 Å². The molecule has 4 nitrogen and oxygen atoms in total. The highest BCUT2D eigenvalue weighted by Crippen LogP contribution is 2.36. The first kappa shape index (κ1) is 27.6. The number of carbonyl (C=O) groups excluding carboxylic acids is 2. The summed E-state index contributed by atoms with van der Waals surface area (Å²) in [7, 11) is 0.